The third-order valence-corrected chi connectivity index (χ3v) is 3.42. The van der Waals surface area contributed by atoms with Crippen molar-refractivity contribution in [1.82, 2.24) is 15.1 Å². The van der Waals surface area contributed by atoms with Crippen molar-refractivity contribution < 1.29 is 14.3 Å². The molecule has 1 aliphatic heterocycles. The Bertz CT molecular complexity index is 580. The van der Waals surface area contributed by atoms with Crippen LogP contribution in [0.3, 0.4) is 0 Å². The van der Waals surface area contributed by atoms with Crippen molar-refractivity contribution in [3.05, 3.63) is 11.3 Å². The molecule has 9 heteroatoms. The highest BCUT2D eigenvalue weighted by Gasteiger charge is 2.29. The minimum absolute atomic E-state index is 0.297. The summed E-state index contributed by atoms with van der Waals surface area (Å²) in [6.45, 7) is 6.25. The number of H-pyrrole nitrogens is 1. The maximum atomic E-state index is 12.1. The number of hydrogen-bond donors (Lipinski definition) is 2. The number of alkyl halides is 2. The molecule has 1 aromatic heterocycles. The highest BCUT2D eigenvalue weighted by Crippen LogP contribution is 2.25. The van der Waals surface area contributed by atoms with Gasteiger partial charge in [-0.25, -0.2) is 4.79 Å². The van der Waals surface area contributed by atoms with Crippen molar-refractivity contribution in [3.63, 3.8) is 0 Å². The predicted octanol–water partition coefficient (Wildman–Crippen LogP) is 2.45. The first-order valence-electron chi connectivity index (χ1n) is 6.80. The molecule has 0 unspecified atom stereocenters. The first kappa shape index (κ1) is 16.9. The Morgan fingerprint density at radius 2 is 2.09 bits per heavy atom. The van der Waals surface area contributed by atoms with E-state index in [9.17, 15) is 9.59 Å². The van der Waals surface area contributed by atoms with E-state index in [1.807, 2.05) is 20.8 Å². The van der Waals surface area contributed by atoms with E-state index >= 15 is 0 Å². The molecule has 0 aliphatic carbocycles. The fraction of sp³-hybridized carbons (Fsp3) is 0.615. The van der Waals surface area contributed by atoms with E-state index in [1.54, 1.807) is 4.90 Å². The lowest BCUT2D eigenvalue weighted by Crippen LogP contribution is -2.40. The Balaban J connectivity index is 2.10. The molecule has 1 aliphatic rings. The molecule has 7 nitrogen and oxygen atoms in total. The van der Waals surface area contributed by atoms with Crippen molar-refractivity contribution in [1.29, 1.82) is 0 Å². The molecule has 0 saturated heterocycles. The van der Waals surface area contributed by atoms with Gasteiger partial charge >= 0.3 is 6.09 Å². The van der Waals surface area contributed by atoms with Gasteiger partial charge in [-0.3, -0.25) is 9.89 Å². The quantitative estimate of drug-likeness (QED) is 0.803. The fourth-order valence-electron chi connectivity index (χ4n) is 2.05. The molecular formula is C13H18Cl2N4O3. The lowest BCUT2D eigenvalue weighted by molar-refractivity contribution is -0.114. The van der Waals surface area contributed by atoms with Gasteiger partial charge in [-0.05, 0) is 20.8 Å². The molecule has 1 aromatic rings. The van der Waals surface area contributed by atoms with Crippen LogP contribution in [0.1, 0.15) is 32.0 Å². The number of carbonyl (C=O) groups excluding carboxylic acids is 2. The monoisotopic (exact) mass is 348 g/mol. The van der Waals surface area contributed by atoms with Gasteiger partial charge in [-0.2, -0.15) is 5.10 Å². The van der Waals surface area contributed by atoms with E-state index < -0.39 is 22.4 Å². The summed E-state index contributed by atoms with van der Waals surface area (Å²) in [4.78, 5) is 24.1. The molecule has 0 bridgehead atoms. The SMILES string of the molecule is CC(C)(C)OC(=O)N1CCc2[nH]nc(NC(=O)C(Cl)Cl)c2C1. The average Bonchev–Trinajstić information content (AvgIpc) is 2.79. The maximum Gasteiger partial charge on any atom is 0.410 e. The molecule has 2 heterocycles. The van der Waals surface area contributed by atoms with E-state index in [-0.39, 0.29) is 0 Å². The zero-order chi connectivity index (χ0) is 16.5. The topological polar surface area (TPSA) is 87.3 Å². The van der Waals surface area contributed by atoms with Gasteiger partial charge in [0.1, 0.15) is 5.60 Å². The van der Waals surface area contributed by atoms with Gasteiger partial charge < -0.3 is 15.0 Å². The number of rotatable bonds is 2. The van der Waals surface area contributed by atoms with Crippen LogP contribution in [0.2, 0.25) is 0 Å². The lowest BCUT2D eigenvalue weighted by Gasteiger charge is -2.30. The van der Waals surface area contributed by atoms with Gasteiger partial charge in [0.05, 0.1) is 6.54 Å². The van der Waals surface area contributed by atoms with Gasteiger partial charge in [0.2, 0.25) is 0 Å². The van der Waals surface area contributed by atoms with Gasteiger partial charge in [-0.15, -0.1) is 0 Å². The Morgan fingerprint density at radius 1 is 1.41 bits per heavy atom. The predicted molar refractivity (Wildman–Crippen MR) is 83.1 cm³/mol. The van der Waals surface area contributed by atoms with E-state index in [0.29, 0.717) is 25.3 Å². The molecule has 0 atom stereocenters. The van der Waals surface area contributed by atoms with E-state index in [2.05, 4.69) is 15.5 Å². The molecule has 0 fully saturated rings. The van der Waals surface area contributed by atoms with Gasteiger partial charge in [0.25, 0.3) is 5.91 Å². The Kier molecular flexibility index (Phi) is 4.87. The van der Waals surface area contributed by atoms with Crippen molar-refractivity contribution in [2.75, 3.05) is 11.9 Å². The largest absolute Gasteiger partial charge is 0.444 e. The number of aromatic nitrogens is 2. The van der Waals surface area contributed by atoms with Crippen LogP contribution in [0, 0.1) is 0 Å². The minimum Gasteiger partial charge on any atom is -0.444 e. The summed E-state index contributed by atoms with van der Waals surface area (Å²) < 4.78 is 5.35. The van der Waals surface area contributed by atoms with Crippen molar-refractivity contribution in [3.8, 4) is 0 Å². The minimum atomic E-state index is -1.18. The second kappa shape index (κ2) is 6.34. The number of ether oxygens (including phenoxy) is 1. The number of fused-ring (bicyclic) bond motifs is 1. The van der Waals surface area contributed by atoms with Crippen LogP contribution in [0.25, 0.3) is 0 Å². The van der Waals surface area contributed by atoms with E-state index in [0.717, 1.165) is 11.3 Å². The summed E-state index contributed by atoms with van der Waals surface area (Å²) in [5, 5.41) is 9.42. The lowest BCUT2D eigenvalue weighted by atomic mass is 10.1. The van der Waals surface area contributed by atoms with Crippen LogP contribution >= 0.6 is 23.2 Å². The Labute approximate surface area is 138 Å². The van der Waals surface area contributed by atoms with E-state index in [1.165, 1.54) is 0 Å². The molecule has 2 amide bonds. The van der Waals surface area contributed by atoms with Gasteiger partial charge in [0, 0.05) is 24.2 Å². The third kappa shape index (κ3) is 4.04. The Morgan fingerprint density at radius 3 is 2.68 bits per heavy atom. The molecular weight excluding hydrogens is 331 g/mol. The average molecular weight is 349 g/mol. The molecule has 0 radical (unpaired) electrons. The number of anilines is 1. The standard InChI is InChI=1S/C13H18Cl2N4O3/c1-13(2,3)22-12(21)19-5-4-8-7(6-19)10(18-17-8)16-11(20)9(14)15/h9H,4-6H2,1-3H3,(H2,16,17,18,20). The number of halogens is 2. The van der Waals surface area contributed by atoms with E-state index in [4.69, 9.17) is 27.9 Å². The smallest absolute Gasteiger partial charge is 0.410 e. The second-order valence-corrected chi connectivity index (χ2v) is 7.07. The number of nitrogens with one attached hydrogen (secondary N) is 2. The van der Waals surface area contributed by atoms with Crippen LogP contribution in [0.15, 0.2) is 0 Å². The first-order valence-corrected chi connectivity index (χ1v) is 7.67. The highest BCUT2D eigenvalue weighted by atomic mass is 35.5. The number of amides is 2. The second-order valence-electron chi connectivity index (χ2n) is 5.97. The highest BCUT2D eigenvalue weighted by molar-refractivity contribution is 6.54. The van der Waals surface area contributed by atoms with Crippen LogP contribution in [0.4, 0.5) is 10.6 Å². The molecule has 2 N–H and O–H groups in total. The zero-order valence-corrected chi connectivity index (χ0v) is 14.1. The fourth-order valence-corrected chi connectivity index (χ4v) is 2.16. The third-order valence-electron chi connectivity index (χ3n) is 3.02. The number of hydrogen-bond acceptors (Lipinski definition) is 4. The molecule has 22 heavy (non-hydrogen) atoms. The van der Waals surface area contributed by atoms with Crippen molar-refractivity contribution in [2.24, 2.45) is 0 Å². The van der Waals surface area contributed by atoms with Crippen LogP contribution in [-0.4, -0.2) is 44.1 Å². The summed E-state index contributed by atoms with van der Waals surface area (Å²) in [6, 6.07) is 0. The molecule has 2 rings (SSSR count). The summed E-state index contributed by atoms with van der Waals surface area (Å²) in [7, 11) is 0. The Hall–Kier alpha value is -1.47. The van der Waals surface area contributed by atoms with Gasteiger partial charge in [0.15, 0.2) is 10.7 Å². The summed E-state index contributed by atoms with van der Waals surface area (Å²) in [5.41, 5.74) is 1.05. The number of aromatic amines is 1. The van der Waals surface area contributed by atoms with Crippen LogP contribution in [0.5, 0.6) is 0 Å². The maximum absolute atomic E-state index is 12.1. The first-order chi connectivity index (χ1) is 10.2. The zero-order valence-electron chi connectivity index (χ0n) is 12.6. The molecule has 0 spiro atoms. The van der Waals surface area contributed by atoms with Crippen LogP contribution in [-0.2, 0) is 22.5 Å². The summed E-state index contributed by atoms with van der Waals surface area (Å²) in [6.07, 6.45) is 0.201. The molecule has 0 aromatic carbocycles. The molecule has 122 valence electrons. The van der Waals surface area contributed by atoms with Gasteiger partial charge in [-0.1, -0.05) is 23.2 Å². The van der Waals surface area contributed by atoms with Crippen molar-refractivity contribution >= 4 is 41.0 Å². The normalized spacial score (nSPS) is 14.7. The molecule has 0 saturated carbocycles. The number of nitrogens with zero attached hydrogens (tertiary/aromatic N) is 2. The summed E-state index contributed by atoms with van der Waals surface area (Å²) in [5.74, 6) is -0.230. The number of carbonyl (C=O) groups is 2. The summed E-state index contributed by atoms with van der Waals surface area (Å²) >= 11 is 11.0. The van der Waals surface area contributed by atoms with Crippen molar-refractivity contribution in [2.45, 2.75) is 44.2 Å². The van der Waals surface area contributed by atoms with Crippen LogP contribution < -0.4 is 5.32 Å².